The van der Waals surface area contributed by atoms with Crippen molar-refractivity contribution in [1.82, 2.24) is 35.6 Å². The molecule has 5 heterocycles. The van der Waals surface area contributed by atoms with Gasteiger partial charge < -0.3 is 26.0 Å². The number of hydrogen-bond acceptors (Lipinski definition) is 8. The number of rotatable bonds is 11. The molecule has 0 saturated carbocycles. The molecule has 0 spiro atoms. The molecule has 2 aliphatic rings. The summed E-state index contributed by atoms with van der Waals surface area (Å²) in [6, 6.07) is 10.4. The second-order valence-corrected chi connectivity index (χ2v) is 11.6. The molecule has 3 aromatic heterocycles. The summed E-state index contributed by atoms with van der Waals surface area (Å²) in [5, 5.41) is 12.6. The lowest BCUT2D eigenvalue weighted by atomic mass is 10.0. The Kier molecular flexibility index (Phi) is 9.06. The Morgan fingerprint density at radius 1 is 1.00 bits per heavy atom. The number of pyridine rings is 2. The molecular formula is C32H33ClFN7O4. The van der Waals surface area contributed by atoms with Gasteiger partial charge in [0.25, 0.3) is 5.56 Å². The number of carbonyl (C=O) groups is 2. The quantitative estimate of drug-likeness (QED) is 0.198. The van der Waals surface area contributed by atoms with E-state index in [9.17, 15) is 14.4 Å². The Bertz CT molecular complexity index is 1830. The van der Waals surface area contributed by atoms with Crippen LogP contribution in [0.1, 0.15) is 36.8 Å². The van der Waals surface area contributed by atoms with Gasteiger partial charge in [-0.25, -0.2) is 14.4 Å². The number of hydrogen-bond donors (Lipinski definition) is 4. The lowest BCUT2D eigenvalue weighted by Crippen LogP contribution is -2.36. The molecule has 2 aliphatic heterocycles. The maximum absolute atomic E-state index is 15.4. The zero-order valence-corrected chi connectivity index (χ0v) is 25.4. The van der Waals surface area contributed by atoms with Crippen LogP contribution >= 0.6 is 11.6 Å². The topological polar surface area (TPSA) is 139 Å². The van der Waals surface area contributed by atoms with E-state index in [1.807, 2.05) is 6.07 Å². The van der Waals surface area contributed by atoms with E-state index in [-0.39, 0.29) is 47.4 Å². The molecule has 0 aliphatic carbocycles. The minimum Gasteiger partial charge on any atom is -0.481 e. The smallest absolute Gasteiger partial charge is 0.262 e. The van der Waals surface area contributed by atoms with Crippen molar-refractivity contribution < 1.29 is 18.7 Å². The third kappa shape index (κ3) is 6.68. The van der Waals surface area contributed by atoms with E-state index in [4.69, 9.17) is 16.3 Å². The summed E-state index contributed by atoms with van der Waals surface area (Å²) in [5.74, 6) is -0.278. The fourth-order valence-corrected chi connectivity index (χ4v) is 6.09. The van der Waals surface area contributed by atoms with Crippen molar-refractivity contribution in [2.45, 2.75) is 50.9 Å². The van der Waals surface area contributed by atoms with E-state index in [0.29, 0.717) is 65.5 Å². The van der Waals surface area contributed by atoms with Crippen LogP contribution in [0.2, 0.25) is 5.02 Å². The van der Waals surface area contributed by atoms with Crippen LogP contribution in [0.3, 0.4) is 0 Å². The minimum absolute atomic E-state index is 0.0152. The van der Waals surface area contributed by atoms with Gasteiger partial charge in [-0.15, -0.1) is 0 Å². The van der Waals surface area contributed by atoms with Crippen LogP contribution in [0.5, 0.6) is 5.88 Å². The molecule has 234 valence electrons. The van der Waals surface area contributed by atoms with Gasteiger partial charge in [0.05, 0.1) is 23.4 Å². The van der Waals surface area contributed by atoms with E-state index < -0.39 is 5.82 Å². The summed E-state index contributed by atoms with van der Waals surface area (Å²) in [5.41, 5.74) is 3.27. The molecule has 2 fully saturated rings. The van der Waals surface area contributed by atoms with Crippen LogP contribution in [0.25, 0.3) is 28.0 Å². The fourth-order valence-electron chi connectivity index (χ4n) is 5.75. The Morgan fingerprint density at radius 2 is 1.69 bits per heavy atom. The zero-order valence-electron chi connectivity index (χ0n) is 24.7. The average Bonchev–Trinajstić information content (AvgIpc) is 3.65. The van der Waals surface area contributed by atoms with Gasteiger partial charge in [0.2, 0.25) is 17.7 Å². The normalized spacial score (nSPS) is 17.9. The molecule has 11 nitrogen and oxygen atoms in total. The highest BCUT2D eigenvalue weighted by Gasteiger charge is 2.22. The van der Waals surface area contributed by atoms with Crippen molar-refractivity contribution in [3.05, 3.63) is 81.1 Å². The van der Waals surface area contributed by atoms with Gasteiger partial charge in [0.1, 0.15) is 11.5 Å². The predicted molar refractivity (Wildman–Crippen MR) is 167 cm³/mol. The van der Waals surface area contributed by atoms with Crippen molar-refractivity contribution in [2.24, 2.45) is 0 Å². The highest BCUT2D eigenvalue weighted by molar-refractivity contribution is 6.36. The van der Waals surface area contributed by atoms with Crippen LogP contribution in [0.4, 0.5) is 4.39 Å². The molecule has 4 N–H and O–H groups in total. The highest BCUT2D eigenvalue weighted by Crippen LogP contribution is 2.37. The number of aromatic nitrogens is 3. The third-order valence-corrected chi connectivity index (χ3v) is 8.57. The maximum Gasteiger partial charge on any atom is 0.262 e. The molecular weight excluding hydrogens is 601 g/mol. The van der Waals surface area contributed by atoms with Crippen molar-refractivity contribution in [3.8, 4) is 28.3 Å². The van der Waals surface area contributed by atoms with Gasteiger partial charge in [-0.2, -0.15) is 0 Å². The lowest BCUT2D eigenvalue weighted by molar-refractivity contribution is -0.120. The molecule has 2 atom stereocenters. The van der Waals surface area contributed by atoms with Crippen LogP contribution in [-0.2, 0) is 22.7 Å². The number of amides is 2. The molecule has 0 unspecified atom stereocenters. The van der Waals surface area contributed by atoms with Crippen LogP contribution in [-0.4, -0.2) is 58.5 Å². The van der Waals surface area contributed by atoms with E-state index >= 15 is 4.39 Å². The van der Waals surface area contributed by atoms with Crippen LogP contribution < -0.4 is 31.6 Å². The van der Waals surface area contributed by atoms with Gasteiger partial charge in [0.15, 0.2) is 0 Å². The van der Waals surface area contributed by atoms with Crippen LogP contribution in [0.15, 0.2) is 53.6 Å². The molecule has 6 rings (SSSR count). The number of nitrogens with zero attached hydrogens (tertiary/aromatic N) is 3. The van der Waals surface area contributed by atoms with E-state index in [0.717, 1.165) is 18.4 Å². The Labute approximate surface area is 263 Å². The Morgan fingerprint density at radius 3 is 2.36 bits per heavy atom. The van der Waals surface area contributed by atoms with E-state index in [1.54, 1.807) is 36.7 Å². The molecule has 4 aromatic rings. The molecule has 0 radical (unpaired) electrons. The third-order valence-electron chi connectivity index (χ3n) is 8.16. The Hall–Kier alpha value is -4.39. The highest BCUT2D eigenvalue weighted by atomic mass is 35.5. The van der Waals surface area contributed by atoms with E-state index in [1.165, 1.54) is 17.6 Å². The number of benzene rings is 1. The van der Waals surface area contributed by atoms with Crippen molar-refractivity contribution in [1.29, 1.82) is 0 Å². The summed E-state index contributed by atoms with van der Waals surface area (Å²) in [4.78, 5) is 45.1. The van der Waals surface area contributed by atoms with Crippen molar-refractivity contribution in [3.63, 3.8) is 0 Å². The summed E-state index contributed by atoms with van der Waals surface area (Å²) < 4.78 is 22.3. The SMILES string of the molecule is COc1nc(-c2cccc(-c3ccn4c(=O)c(CNC[C@@H]5CCC(=O)N5)cnc4c3)c2Cl)cc(F)c1CNC[C@@H]1CCC(=O)N1. The summed E-state index contributed by atoms with van der Waals surface area (Å²) >= 11 is 6.89. The maximum atomic E-state index is 15.4. The summed E-state index contributed by atoms with van der Waals surface area (Å²) in [6.07, 6.45) is 5.75. The first-order valence-corrected chi connectivity index (χ1v) is 15.2. The molecule has 1 aromatic carbocycles. The second kappa shape index (κ2) is 13.3. The summed E-state index contributed by atoms with van der Waals surface area (Å²) in [6.45, 7) is 1.60. The van der Waals surface area contributed by atoms with Gasteiger partial charge in [0, 0.05) is 86.3 Å². The molecule has 0 bridgehead atoms. The molecule has 2 saturated heterocycles. The standard InChI is InChI=1S/C32H33ClFN7O4/c1-45-31-24(17-36-16-21-6-8-29(43)39-21)25(34)12-26(40-31)23-4-2-3-22(30(23)33)18-9-10-41-27(11-18)37-14-19(32(41)44)13-35-15-20-5-7-28(42)38-20/h2-4,9-12,14,20-21,35-36H,5-8,13,15-17H2,1H3,(H,38,42)(H,39,43)/t20-,21-/m0/s1. The number of fused-ring (bicyclic) bond motifs is 1. The number of ether oxygens (including phenoxy) is 1. The van der Waals surface area contributed by atoms with Crippen LogP contribution in [0, 0.1) is 5.82 Å². The fraction of sp³-hybridized carbons (Fsp3) is 0.344. The van der Waals surface area contributed by atoms with Crippen molar-refractivity contribution in [2.75, 3.05) is 20.2 Å². The summed E-state index contributed by atoms with van der Waals surface area (Å²) in [7, 11) is 1.44. The number of methoxy groups -OCH3 is 1. The van der Waals surface area contributed by atoms with Gasteiger partial charge in [-0.05, 0) is 30.5 Å². The molecule has 2 amide bonds. The largest absolute Gasteiger partial charge is 0.481 e. The zero-order chi connectivity index (χ0) is 31.5. The van der Waals surface area contributed by atoms with Crippen molar-refractivity contribution >= 4 is 29.1 Å². The second-order valence-electron chi connectivity index (χ2n) is 11.2. The first-order valence-electron chi connectivity index (χ1n) is 14.8. The number of halogens is 2. The minimum atomic E-state index is -0.492. The average molecular weight is 634 g/mol. The lowest BCUT2D eigenvalue weighted by Gasteiger charge is -2.15. The predicted octanol–water partition coefficient (Wildman–Crippen LogP) is 2.96. The van der Waals surface area contributed by atoms with Gasteiger partial charge in [-0.1, -0.05) is 29.8 Å². The van der Waals surface area contributed by atoms with Gasteiger partial charge >= 0.3 is 0 Å². The first kappa shape index (κ1) is 30.6. The number of carbonyl (C=O) groups excluding carboxylic acids is 2. The molecule has 45 heavy (non-hydrogen) atoms. The molecule has 13 heteroatoms. The number of nitrogens with one attached hydrogen (secondary N) is 4. The van der Waals surface area contributed by atoms with Gasteiger partial charge in [-0.3, -0.25) is 18.8 Å². The first-order chi connectivity index (χ1) is 21.8. The van der Waals surface area contributed by atoms with E-state index in [2.05, 4.69) is 31.2 Å². The Balaban J connectivity index is 1.20. The monoisotopic (exact) mass is 633 g/mol.